The third-order valence-corrected chi connectivity index (χ3v) is 5.98. The van der Waals surface area contributed by atoms with Crippen molar-refractivity contribution in [1.82, 2.24) is 14.9 Å². The van der Waals surface area contributed by atoms with E-state index < -0.39 is 0 Å². The summed E-state index contributed by atoms with van der Waals surface area (Å²) in [5, 5.41) is 0. The van der Waals surface area contributed by atoms with Crippen LogP contribution in [0.2, 0.25) is 0 Å². The summed E-state index contributed by atoms with van der Waals surface area (Å²) in [6.45, 7) is 2.87. The zero-order valence-electron chi connectivity index (χ0n) is 17.8. The van der Waals surface area contributed by atoms with Crippen LogP contribution in [-0.4, -0.2) is 40.4 Å². The van der Waals surface area contributed by atoms with Gasteiger partial charge in [-0.3, -0.25) is 4.79 Å². The molecule has 3 aromatic rings. The second-order valence-electron chi connectivity index (χ2n) is 8.23. The lowest BCUT2D eigenvalue weighted by Gasteiger charge is -2.30. The van der Waals surface area contributed by atoms with Crippen molar-refractivity contribution in [3.63, 3.8) is 0 Å². The van der Waals surface area contributed by atoms with Gasteiger partial charge in [-0.25, -0.2) is 9.37 Å². The van der Waals surface area contributed by atoms with E-state index >= 15 is 0 Å². The van der Waals surface area contributed by atoms with Crippen molar-refractivity contribution in [3.05, 3.63) is 77.2 Å². The van der Waals surface area contributed by atoms with Crippen LogP contribution in [0.4, 0.5) is 10.3 Å². The number of ether oxygens (including phenoxy) is 1. The van der Waals surface area contributed by atoms with Crippen molar-refractivity contribution < 1.29 is 13.9 Å². The van der Waals surface area contributed by atoms with Gasteiger partial charge in [0.05, 0.1) is 24.2 Å². The highest BCUT2D eigenvalue weighted by Crippen LogP contribution is 2.32. The quantitative estimate of drug-likeness (QED) is 0.607. The molecule has 1 aromatic heterocycles. The minimum atomic E-state index is -0.322. The monoisotopic (exact) mass is 432 g/mol. The Morgan fingerprint density at radius 1 is 0.969 bits per heavy atom. The van der Waals surface area contributed by atoms with Crippen molar-refractivity contribution in [3.8, 4) is 11.6 Å². The van der Waals surface area contributed by atoms with Crippen LogP contribution in [0, 0.1) is 5.82 Å². The molecule has 0 aliphatic carbocycles. The summed E-state index contributed by atoms with van der Waals surface area (Å²) in [7, 11) is 0. The summed E-state index contributed by atoms with van der Waals surface area (Å²) in [6.07, 6.45) is 3.25. The lowest BCUT2D eigenvalue weighted by atomic mass is 10.0. The van der Waals surface area contributed by atoms with Crippen LogP contribution < -0.4 is 9.64 Å². The molecule has 0 saturated carbocycles. The topological polar surface area (TPSA) is 58.6 Å². The van der Waals surface area contributed by atoms with E-state index in [0.29, 0.717) is 43.5 Å². The first-order valence-electron chi connectivity index (χ1n) is 11.1. The van der Waals surface area contributed by atoms with Gasteiger partial charge in [-0.1, -0.05) is 30.3 Å². The molecule has 0 atom stereocenters. The van der Waals surface area contributed by atoms with Crippen LogP contribution in [0.25, 0.3) is 0 Å². The Morgan fingerprint density at radius 3 is 2.47 bits per heavy atom. The van der Waals surface area contributed by atoms with Gasteiger partial charge in [0.15, 0.2) is 0 Å². The van der Waals surface area contributed by atoms with Crippen LogP contribution >= 0.6 is 0 Å². The Balaban J connectivity index is 1.43. The average Bonchev–Trinajstić information content (AvgIpc) is 3.36. The molecule has 2 aromatic carbocycles. The highest BCUT2D eigenvalue weighted by molar-refractivity contribution is 5.79. The average molecular weight is 432 g/mol. The second kappa shape index (κ2) is 8.94. The van der Waals surface area contributed by atoms with Crippen LogP contribution in [0.1, 0.15) is 29.7 Å². The van der Waals surface area contributed by atoms with Gasteiger partial charge in [0.25, 0.3) is 0 Å². The minimum Gasteiger partial charge on any atom is -0.438 e. The summed E-state index contributed by atoms with van der Waals surface area (Å²) in [4.78, 5) is 26.5. The number of benzene rings is 2. The number of carbonyl (C=O) groups excluding carboxylic acids is 1. The van der Waals surface area contributed by atoms with Crippen LogP contribution in [-0.2, 0) is 24.2 Å². The molecule has 1 fully saturated rings. The smallest absolute Gasteiger partial charge is 0.229 e. The highest BCUT2D eigenvalue weighted by atomic mass is 19.1. The molecular formula is C25H25FN4O2. The molecule has 0 spiro atoms. The Hall–Kier alpha value is -3.48. The first-order valence-corrected chi connectivity index (χ1v) is 11.1. The Morgan fingerprint density at radius 2 is 1.72 bits per heavy atom. The molecule has 6 nitrogen and oxygen atoms in total. The van der Waals surface area contributed by atoms with Gasteiger partial charge in [0.2, 0.25) is 17.7 Å². The maximum Gasteiger partial charge on any atom is 0.229 e. The molecule has 3 heterocycles. The molecule has 1 amide bonds. The number of amides is 1. The summed E-state index contributed by atoms with van der Waals surface area (Å²) >= 11 is 0. The molecule has 2 aliphatic rings. The van der Waals surface area contributed by atoms with Gasteiger partial charge in [-0.15, -0.1) is 0 Å². The predicted octanol–water partition coefficient (Wildman–Crippen LogP) is 4.14. The first kappa shape index (κ1) is 20.4. The molecular weight excluding hydrogens is 407 g/mol. The van der Waals surface area contributed by atoms with Gasteiger partial charge in [-0.05, 0) is 42.7 Å². The molecule has 0 N–H and O–H groups in total. The Bertz CT molecular complexity index is 1100. The van der Waals surface area contributed by atoms with Crippen LogP contribution in [0.15, 0.2) is 54.6 Å². The Kier molecular flexibility index (Phi) is 5.71. The van der Waals surface area contributed by atoms with E-state index in [1.165, 1.54) is 12.1 Å². The third kappa shape index (κ3) is 4.42. The number of nitrogens with zero attached hydrogens (tertiary/aromatic N) is 4. The van der Waals surface area contributed by atoms with E-state index in [1.807, 2.05) is 35.2 Å². The van der Waals surface area contributed by atoms with E-state index in [9.17, 15) is 9.18 Å². The molecule has 32 heavy (non-hydrogen) atoms. The molecule has 7 heteroatoms. The van der Waals surface area contributed by atoms with Gasteiger partial charge >= 0.3 is 0 Å². The number of hydrogen-bond acceptors (Lipinski definition) is 5. The number of rotatable bonds is 5. The second-order valence-corrected chi connectivity index (χ2v) is 8.23. The number of carbonyl (C=O) groups is 1. The van der Waals surface area contributed by atoms with Crippen molar-refractivity contribution >= 4 is 11.9 Å². The molecule has 0 bridgehead atoms. The fourth-order valence-corrected chi connectivity index (χ4v) is 4.22. The van der Waals surface area contributed by atoms with Crippen molar-refractivity contribution in [2.24, 2.45) is 0 Å². The number of aromatic nitrogens is 2. The third-order valence-electron chi connectivity index (χ3n) is 5.98. The van der Waals surface area contributed by atoms with Gasteiger partial charge in [0, 0.05) is 26.1 Å². The highest BCUT2D eigenvalue weighted by Gasteiger charge is 2.28. The first-order chi connectivity index (χ1) is 15.7. The lowest BCUT2D eigenvalue weighted by Crippen LogP contribution is -2.38. The number of fused-ring (bicyclic) bond motifs is 1. The minimum absolute atomic E-state index is 0.0678. The zero-order chi connectivity index (χ0) is 21.9. The maximum absolute atomic E-state index is 13.4. The van der Waals surface area contributed by atoms with Crippen molar-refractivity contribution in [2.45, 2.75) is 32.2 Å². The summed E-state index contributed by atoms with van der Waals surface area (Å²) in [6, 6.07) is 15.6. The predicted molar refractivity (Wildman–Crippen MR) is 119 cm³/mol. The van der Waals surface area contributed by atoms with Gasteiger partial charge in [-0.2, -0.15) is 4.98 Å². The lowest BCUT2D eigenvalue weighted by molar-refractivity contribution is -0.131. The number of anilines is 1. The van der Waals surface area contributed by atoms with Gasteiger partial charge < -0.3 is 14.5 Å². The summed E-state index contributed by atoms with van der Waals surface area (Å²) in [5.74, 6) is 1.37. The largest absolute Gasteiger partial charge is 0.438 e. The van der Waals surface area contributed by atoms with E-state index in [1.54, 1.807) is 12.1 Å². The standard InChI is InChI=1S/C25H25FN4O2/c26-19-8-10-20(11-9-19)32-24-21-17-30(23(31)16-18-6-2-1-3-7-18)15-12-22(21)27-25(28-24)29-13-4-5-14-29/h1-3,6-11H,4-5,12-17H2. The summed E-state index contributed by atoms with van der Waals surface area (Å²) in [5.41, 5.74) is 2.74. The van der Waals surface area contributed by atoms with Crippen LogP contribution in [0.3, 0.4) is 0 Å². The van der Waals surface area contributed by atoms with E-state index in [-0.39, 0.29) is 11.7 Å². The van der Waals surface area contributed by atoms with E-state index in [2.05, 4.69) is 4.90 Å². The van der Waals surface area contributed by atoms with Gasteiger partial charge in [0.1, 0.15) is 11.6 Å². The molecule has 5 rings (SSSR count). The van der Waals surface area contributed by atoms with E-state index in [4.69, 9.17) is 14.7 Å². The SMILES string of the molecule is O=C(Cc1ccccc1)N1CCc2nc(N3CCCC3)nc(Oc3ccc(F)cc3)c2C1. The molecule has 1 saturated heterocycles. The van der Waals surface area contributed by atoms with Crippen molar-refractivity contribution in [1.29, 1.82) is 0 Å². The molecule has 0 unspecified atom stereocenters. The van der Waals surface area contributed by atoms with E-state index in [0.717, 1.165) is 42.8 Å². The zero-order valence-corrected chi connectivity index (χ0v) is 17.8. The molecule has 164 valence electrons. The normalized spacial score (nSPS) is 15.5. The molecule has 0 radical (unpaired) electrons. The number of halogens is 1. The summed E-state index contributed by atoms with van der Waals surface area (Å²) < 4.78 is 19.5. The maximum atomic E-state index is 13.4. The van der Waals surface area contributed by atoms with Crippen LogP contribution in [0.5, 0.6) is 11.6 Å². The molecule has 2 aliphatic heterocycles. The fraction of sp³-hybridized carbons (Fsp3) is 0.320. The number of hydrogen-bond donors (Lipinski definition) is 0. The fourth-order valence-electron chi connectivity index (χ4n) is 4.22. The van der Waals surface area contributed by atoms with Crippen molar-refractivity contribution in [2.75, 3.05) is 24.5 Å². The Labute approximate surface area is 186 Å².